The number of amides is 2. The van der Waals surface area contributed by atoms with E-state index in [0.29, 0.717) is 6.54 Å². The van der Waals surface area contributed by atoms with Gasteiger partial charge in [-0.1, -0.05) is 30.3 Å². The average Bonchev–Trinajstić information content (AvgIpc) is 2.79. The third kappa shape index (κ3) is 3.21. The van der Waals surface area contributed by atoms with E-state index in [1.165, 1.54) is 0 Å². The second kappa shape index (κ2) is 5.69. The van der Waals surface area contributed by atoms with Crippen molar-refractivity contribution in [1.29, 1.82) is 0 Å². The fraction of sp³-hybridized carbons (Fsp3) is 0.385. The van der Waals surface area contributed by atoms with Gasteiger partial charge >= 0.3 is 6.09 Å². The van der Waals surface area contributed by atoms with Gasteiger partial charge in [-0.25, -0.2) is 9.18 Å². The maximum atomic E-state index is 13.2. The Kier molecular flexibility index (Phi) is 3.99. The highest BCUT2D eigenvalue weighted by Crippen LogP contribution is 2.20. The minimum atomic E-state index is -1.27. The molecule has 0 radical (unpaired) electrons. The lowest BCUT2D eigenvalue weighted by Crippen LogP contribution is -2.45. The van der Waals surface area contributed by atoms with Gasteiger partial charge in [0, 0.05) is 13.0 Å². The SMILES string of the molecule is O=C(NCc1ccccc1)[C@@H]1C[C@@H](F)CN1C(=O)O. The van der Waals surface area contributed by atoms with Crippen LogP contribution in [0.15, 0.2) is 30.3 Å². The predicted molar refractivity (Wildman–Crippen MR) is 66.3 cm³/mol. The highest BCUT2D eigenvalue weighted by molar-refractivity contribution is 5.85. The topological polar surface area (TPSA) is 69.6 Å². The quantitative estimate of drug-likeness (QED) is 0.868. The molecule has 1 aliphatic heterocycles. The van der Waals surface area contributed by atoms with Crippen LogP contribution in [0, 0.1) is 0 Å². The van der Waals surface area contributed by atoms with Crippen LogP contribution >= 0.6 is 0 Å². The lowest BCUT2D eigenvalue weighted by Gasteiger charge is -2.20. The molecular formula is C13H15FN2O3. The molecule has 0 spiro atoms. The molecule has 0 saturated carbocycles. The van der Waals surface area contributed by atoms with Gasteiger partial charge in [0.25, 0.3) is 0 Å². The number of hydrogen-bond acceptors (Lipinski definition) is 2. The summed E-state index contributed by atoms with van der Waals surface area (Å²) in [6.45, 7) is 0.0688. The summed E-state index contributed by atoms with van der Waals surface area (Å²) < 4.78 is 13.2. The second-order valence-corrected chi connectivity index (χ2v) is 4.49. The van der Waals surface area contributed by atoms with Gasteiger partial charge in [-0.15, -0.1) is 0 Å². The van der Waals surface area contributed by atoms with Gasteiger partial charge < -0.3 is 10.4 Å². The zero-order valence-electron chi connectivity index (χ0n) is 10.3. The van der Waals surface area contributed by atoms with Crippen LogP contribution < -0.4 is 5.32 Å². The van der Waals surface area contributed by atoms with Crippen LogP contribution in [0.5, 0.6) is 0 Å². The molecule has 0 unspecified atom stereocenters. The molecule has 1 fully saturated rings. The number of carbonyl (C=O) groups excluding carboxylic acids is 1. The fourth-order valence-corrected chi connectivity index (χ4v) is 2.15. The molecule has 1 aromatic carbocycles. The molecule has 5 nitrogen and oxygen atoms in total. The van der Waals surface area contributed by atoms with Crippen molar-refractivity contribution >= 4 is 12.0 Å². The van der Waals surface area contributed by atoms with Gasteiger partial charge in [-0.2, -0.15) is 0 Å². The first-order valence-corrected chi connectivity index (χ1v) is 6.03. The molecule has 0 bridgehead atoms. The molecule has 1 heterocycles. The van der Waals surface area contributed by atoms with Crippen molar-refractivity contribution in [1.82, 2.24) is 10.2 Å². The molecule has 102 valence electrons. The van der Waals surface area contributed by atoms with E-state index in [1.54, 1.807) is 0 Å². The van der Waals surface area contributed by atoms with Crippen molar-refractivity contribution < 1.29 is 19.1 Å². The Labute approximate surface area is 110 Å². The average molecular weight is 266 g/mol. The molecule has 1 aliphatic rings. The fourth-order valence-electron chi connectivity index (χ4n) is 2.15. The number of benzene rings is 1. The van der Waals surface area contributed by atoms with Crippen LogP contribution in [0.3, 0.4) is 0 Å². The summed E-state index contributed by atoms with van der Waals surface area (Å²) in [5.74, 6) is -0.452. The van der Waals surface area contributed by atoms with E-state index in [9.17, 15) is 14.0 Å². The lowest BCUT2D eigenvalue weighted by atomic mass is 10.2. The molecule has 6 heteroatoms. The number of carbonyl (C=O) groups is 2. The molecule has 19 heavy (non-hydrogen) atoms. The van der Waals surface area contributed by atoms with Crippen LogP contribution in [-0.4, -0.2) is 40.8 Å². The zero-order chi connectivity index (χ0) is 13.8. The first-order chi connectivity index (χ1) is 9.08. The highest BCUT2D eigenvalue weighted by atomic mass is 19.1. The molecular weight excluding hydrogens is 251 g/mol. The largest absolute Gasteiger partial charge is 0.465 e. The van der Waals surface area contributed by atoms with E-state index < -0.39 is 24.2 Å². The molecule has 0 aliphatic carbocycles. The summed E-state index contributed by atoms with van der Waals surface area (Å²) in [6.07, 6.45) is -2.61. The van der Waals surface area contributed by atoms with Crippen LogP contribution in [0.25, 0.3) is 0 Å². The Morgan fingerprint density at radius 2 is 2.05 bits per heavy atom. The minimum Gasteiger partial charge on any atom is -0.465 e. The van der Waals surface area contributed by atoms with E-state index in [-0.39, 0.29) is 13.0 Å². The summed E-state index contributed by atoms with van der Waals surface area (Å²) in [6, 6.07) is 8.32. The first-order valence-electron chi connectivity index (χ1n) is 6.03. The van der Waals surface area contributed by atoms with Gasteiger partial charge in [-0.05, 0) is 5.56 Å². The highest BCUT2D eigenvalue weighted by Gasteiger charge is 2.39. The van der Waals surface area contributed by atoms with Crippen molar-refractivity contribution in [2.45, 2.75) is 25.2 Å². The van der Waals surface area contributed by atoms with Gasteiger partial charge in [0.1, 0.15) is 12.2 Å². The van der Waals surface area contributed by atoms with Gasteiger partial charge in [0.05, 0.1) is 6.54 Å². The summed E-state index contributed by atoms with van der Waals surface area (Å²) in [5, 5.41) is 11.6. The Balaban J connectivity index is 1.94. The monoisotopic (exact) mass is 266 g/mol. The summed E-state index contributed by atoms with van der Waals surface area (Å²) in [4.78, 5) is 23.7. The van der Waals surface area contributed by atoms with E-state index in [2.05, 4.69) is 5.32 Å². The van der Waals surface area contributed by atoms with Gasteiger partial charge in [-0.3, -0.25) is 9.69 Å². The normalized spacial score (nSPS) is 22.3. The Morgan fingerprint density at radius 1 is 1.37 bits per heavy atom. The zero-order valence-corrected chi connectivity index (χ0v) is 10.3. The number of hydrogen-bond donors (Lipinski definition) is 2. The Bertz CT molecular complexity index is 466. The maximum Gasteiger partial charge on any atom is 0.408 e. The maximum absolute atomic E-state index is 13.2. The third-order valence-corrected chi connectivity index (χ3v) is 3.11. The van der Waals surface area contributed by atoms with Crippen LogP contribution in [-0.2, 0) is 11.3 Å². The van der Waals surface area contributed by atoms with Crippen molar-refractivity contribution in [3.8, 4) is 0 Å². The van der Waals surface area contributed by atoms with E-state index in [1.807, 2.05) is 30.3 Å². The molecule has 1 saturated heterocycles. The van der Waals surface area contributed by atoms with Crippen LogP contribution in [0.1, 0.15) is 12.0 Å². The van der Waals surface area contributed by atoms with Gasteiger partial charge in [0.2, 0.25) is 5.91 Å². The number of nitrogens with zero attached hydrogens (tertiary/aromatic N) is 1. The molecule has 0 aromatic heterocycles. The number of nitrogens with one attached hydrogen (secondary N) is 1. The summed E-state index contributed by atoms with van der Waals surface area (Å²) >= 11 is 0. The van der Waals surface area contributed by atoms with Crippen molar-refractivity contribution in [3.63, 3.8) is 0 Å². The van der Waals surface area contributed by atoms with Crippen molar-refractivity contribution in [2.75, 3.05) is 6.54 Å². The standard InChI is InChI=1S/C13H15FN2O3/c14-10-6-11(16(8-10)13(18)19)12(17)15-7-9-4-2-1-3-5-9/h1-5,10-11H,6-8H2,(H,15,17)(H,18,19)/t10-,11+/m1/s1. The first kappa shape index (κ1) is 13.3. The van der Waals surface area contributed by atoms with E-state index in [0.717, 1.165) is 10.5 Å². The summed E-state index contributed by atoms with van der Waals surface area (Å²) in [7, 11) is 0. The Hall–Kier alpha value is -2.11. The minimum absolute atomic E-state index is 0.0765. The number of carboxylic acid groups (broad SMARTS) is 1. The molecule has 2 N–H and O–H groups in total. The molecule has 2 rings (SSSR count). The summed E-state index contributed by atoms with van der Waals surface area (Å²) in [5.41, 5.74) is 0.910. The lowest BCUT2D eigenvalue weighted by molar-refractivity contribution is -0.125. The van der Waals surface area contributed by atoms with E-state index in [4.69, 9.17) is 5.11 Å². The van der Waals surface area contributed by atoms with Crippen LogP contribution in [0.2, 0.25) is 0 Å². The predicted octanol–water partition coefficient (Wildman–Crippen LogP) is 1.39. The Morgan fingerprint density at radius 3 is 2.68 bits per heavy atom. The van der Waals surface area contributed by atoms with Crippen molar-refractivity contribution in [3.05, 3.63) is 35.9 Å². The van der Waals surface area contributed by atoms with Crippen LogP contribution in [0.4, 0.5) is 9.18 Å². The van der Waals surface area contributed by atoms with Crippen molar-refractivity contribution in [2.24, 2.45) is 0 Å². The molecule has 2 atom stereocenters. The number of alkyl halides is 1. The number of likely N-dealkylation sites (tertiary alicyclic amines) is 1. The number of rotatable bonds is 3. The second-order valence-electron chi connectivity index (χ2n) is 4.49. The third-order valence-electron chi connectivity index (χ3n) is 3.11. The molecule has 1 aromatic rings. The van der Waals surface area contributed by atoms with E-state index >= 15 is 0 Å². The van der Waals surface area contributed by atoms with Gasteiger partial charge in [0.15, 0.2) is 0 Å². The smallest absolute Gasteiger partial charge is 0.408 e. The number of halogens is 1. The molecule has 2 amide bonds.